The number of ether oxygens (including phenoxy) is 1. The van der Waals surface area contributed by atoms with Gasteiger partial charge in [-0.1, -0.05) is 67.6 Å². The van der Waals surface area contributed by atoms with E-state index in [1.807, 2.05) is 60.7 Å². The number of esters is 1. The zero-order chi connectivity index (χ0) is 23.2. The molecular weight excluding hydrogens is 414 g/mol. The van der Waals surface area contributed by atoms with Crippen molar-refractivity contribution in [2.45, 2.75) is 50.2 Å². The van der Waals surface area contributed by atoms with Crippen molar-refractivity contribution in [3.05, 3.63) is 71.8 Å². The van der Waals surface area contributed by atoms with Crippen molar-refractivity contribution in [2.24, 2.45) is 0 Å². The molecule has 2 heterocycles. The Morgan fingerprint density at radius 2 is 1.58 bits per heavy atom. The van der Waals surface area contributed by atoms with E-state index in [0.29, 0.717) is 19.0 Å². The van der Waals surface area contributed by atoms with Gasteiger partial charge in [0.25, 0.3) is 0 Å². The number of benzene rings is 2. The van der Waals surface area contributed by atoms with E-state index in [1.165, 1.54) is 7.11 Å². The van der Waals surface area contributed by atoms with Gasteiger partial charge in [0, 0.05) is 18.6 Å². The van der Waals surface area contributed by atoms with Gasteiger partial charge in [0.15, 0.2) is 0 Å². The molecule has 2 aliphatic rings. The fourth-order valence-corrected chi connectivity index (χ4v) is 5.37. The Bertz CT molecular complexity index is 873. The van der Waals surface area contributed by atoms with Crippen molar-refractivity contribution in [3.8, 4) is 0 Å². The highest BCUT2D eigenvalue weighted by atomic mass is 16.5. The van der Waals surface area contributed by atoms with Crippen molar-refractivity contribution in [1.29, 1.82) is 0 Å². The lowest BCUT2D eigenvalue weighted by molar-refractivity contribution is -0.147. The number of rotatable bonds is 7. The molecule has 6 heteroatoms. The number of nitrogens with one attached hydrogen (secondary N) is 1. The highest BCUT2D eigenvalue weighted by Gasteiger charge is 2.42. The van der Waals surface area contributed by atoms with Crippen LogP contribution in [0.25, 0.3) is 0 Å². The topological polar surface area (TPSA) is 61.9 Å². The average molecular weight is 450 g/mol. The largest absolute Gasteiger partial charge is 0.468 e. The minimum atomic E-state index is -0.384. The summed E-state index contributed by atoms with van der Waals surface area (Å²) in [6.07, 6.45) is 2.67. The van der Waals surface area contributed by atoms with Crippen LogP contribution in [0.1, 0.15) is 43.2 Å². The van der Waals surface area contributed by atoms with Crippen LogP contribution in [0, 0.1) is 0 Å². The third kappa shape index (κ3) is 5.45. The minimum Gasteiger partial charge on any atom is -0.468 e. The maximum absolute atomic E-state index is 13.6. The van der Waals surface area contributed by atoms with Gasteiger partial charge in [-0.2, -0.15) is 0 Å². The van der Waals surface area contributed by atoms with Gasteiger partial charge < -0.3 is 15.0 Å². The molecule has 176 valence electrons. The molecule has 0 radical (unpaired) electrons. The standard InChI is InChI=1S/C27H35N3O3/c1-3-29-16-14-23(15-17-29)30-19-22(18-24(30)27(32)33-2)28-26(31)25(20-10-6-4-7-11-20)21-12-8-5-9-13-21/h4-13,22-25H,3,14-19H2,1-2H3,(H,28,31)/t22-,24+/m1/s1. The number of likely N-dealkylation sites (tertiary alicyclic amines) is 2. The molecule has 0 unspecified atom stereocenters. The lowest BCUT2D eigenvalue weighted by Crippen LogP contribution is -2.49. The summed E-state index contributed by atoms with van der Waals surface area (Å²) in [7, 11) is 1.45. The SMILES string of the molecule is CCN1CCC(N2C[C@H](NC(=O)C(c3ccccc3)c3ccccc3)C[C@H]2C(=O)OC)CC1. The number of carbonyl (C=O) groups is 2. The van der Waals surface area contributed by atoms with Gasteiger partial charge in [-0.05, 0) is 50.0 Å². The molecule has 6 nitrogen and oxygen atoms in total. The second kappa shape index (κ2) is 10.9. The van der Waals surface area contributed by atoms with Crippen molar-refractivity contribution < 1.29 is 14.3 Å². The zero-order valence-corrected chi connectivity index (χ0v) is 19.7. The van der Waals surface area contributed by atoms with Crippen molar-refractivity contribution >= 4 is 11.9 Å². The van der Waals surface area contributed by atoms with Crippen molar-refractivity contribution in [3.63, 3.8) is 0 Å². The van der Waals surface area contributed by atoms with Crippen LogP contribution in [0.3, 0.4) is 0 Å². The zero-order valence-electron chi connectivity index (χ0n) is 19.7. The van der Waals surface area contributed by atoms with Crippen LogP contribution in [-0.2, 0) is 14.3 Å². The molecule has 4 rings (SSSR count). The van der Waals surface area contributed by atoms with Gasteiger partial charge in [-0.25, -0.2) is 0 Å². The van der Waals surface area contributed by atoms with Crippen LogP contribution in [0.2, 0.25) is 0 Å². The highest BCUT2D eigenvalue weighted by molar-refractivity contribution is 5.87. The summed E-state index contributed by atoms with van der Waals surface area (Å²) in [5.41, 5.74) is 1.93. The first-order valence-electron chi connectivity index (χ1n) is 12.1. The van der Waals surface area contributed by atoms with Crippen LogP contribution in [0.5, 0.6) is 0 Å². The number of methoxy groups -OCH3 is 1. The molecule has 2 atom stereocenters. The summed E-state index contributed by atoms with van der Waals surface area (Å²) in [4.78, 5) is 30.9. The predicted octanol–water partition coefficient (Wildman–Crippen LogP) is 3.03. The van der Waals surface area contributed by atoms with Gasteiger partial charge in [-0.3, -0.25) is 14.5 Å². The molecule has 2 saturated heterocycles. The summed E-state index contributed by atoms with van der Waals surface area (Å²) in [5, 5.41) is 3.28. The monoisotopic (exact) mass is 449 g/mol. The Morgan fingerprint density at radius 1 is 1.00 bits per heavy atom. The van der Waals surface area contributed by atoms with Crippen LogP contribution in [-0.4, -0.2) is 73.1 Å². The molecule has 0 spiro atoms. The van der Waals surface area contributed by atoms with E-state index in [9.17, 15) is 9.59 Å². The first-order chi connectivity index (χ1) is 16.1. The molecule has 0 saturated carbocycles. The van der Waals surface area contributed by atoms with Gasteiger partial charge in [0.2, 0.25) is 5.91 Å². The normalized spacial score (nSPS) is 22.4. The second-order valence-corrected chi connectivity index (χ2v) is 9.10. The van der Waals surface area contributed by atoms with E-state index in [4.69, 9.17) is 4.74 Å². The Balaban J connectivity index is 1.50. The molecule has 0 aliphatic carbocycles. The smallest absolute Gasteiger partial charge is 0.323 e. The fourth-order valence-electron chi connectivity index (χ4n) is 5.37. The van der Waals surface area contributed by atoms with E-state index < -0.39 is 0 Å². The maximum atomic E-state index is 13.6. The van der Waals surface area contributed by atoms with Gasteiger partial charge >= 0.3 is 5.97 Å². The molecule has 2 aromatic rings. The molecule has 2 aromatic carbocycles. The lowest BCUT2D eigenvalue weighted by Gasteiger charge is -2.38. The van der Waals surface area contributed by atoms with E-state index in [1.54, 1.807) is 0 Å². The van der Waals surface area contributed by atoms with Crippen LogP contribution in [0.15, 0.2) is 60.7 Å². The second-order valence-electron chi connectivity index (χ2n) is 9.10. The Hall–Kier alpha value is -2.70. The first-order valence-corrected chi connectivity index (χ1v) is 12.1. The molecular formula is C27H35N3O3. The van der Waals surface area contributed by atoms with Gasteiger partial charge in [-0.15, -0.1) is 0 Å². The summed E-state index contributed by atoms with van der Waals surface area (Å²) in [6.45, 7) is 6.03. The quantitative estimate of drug-likeness (QED) is 0.659. The third-order valence-corrected chi connectivity index (χ3v) is 7.16. The number of amides is 1. The predicted molar refractivity (Wildman–Crippen MR) is 129 cm³/mol. The number of hydrogen-bond acceptors (Lipinski definition) is 5. The lowest BCUT2D eigenvalue weighted by atomic mass is 9.90. The number of carbonyl (C=O) groups excluding carboxylic acids is 2. The summed E-state index contributed by atoms with van der Waals surface area (Å²) < 4.78 is 5.13. The third-order valence-electron chi connectivity index (χ3n) is 7.16. The number of hydrogen-bond donors (Lipinski definition) is 1. The summed E-state index contributed by atoms with van der Waals surface area (Å²) in [6, 6.07) is 19.7. The molecule has 2 fully saturated rings. The number of piperidine rings is 1. The molecule has 0 bridgehead atoms. The molecule has 2 aliphatic heterocycles. The van der Waals surface area contributed by atoms with Gasteiger partial charge in [0.1, 0.15) is 6.04 Å². The van der Waals surface area contributed by atoms with Crippen LogP contribution >= 0.6 is 0 Å². The molecule has 1 N–H and O–H groups in total. The summed E-state index contributed by atoms with van der Waals surface area (Å²) in [5.74, 6) is -0.609. The number of nitrogens with zero attached hydrogens (tertiary/aromatic N) is 2. The molecule has 1 amide bonds. The van der Waals surface area contributed by atoms with Crippen LogP contribution < -0.4 is 5.32 Å². The highest BCUT2D eigenvalue weighted by Crippen LogP contribution is 2.29. The molecule has 0 aromatic heterocycles. The van der Waals surface area contributed by atoms with E-state index >= 15 is 0 Å². The van der Waals surface area contributed by atoms with Crippen molar-refractivity contribution in [1.82, 2.24) is 15.1 Å². The van der Waals surface area contributed by atoms with E-state index in [2.05, 4.69) is 22.0 Å². The fraction of sp³-hybridized carbons (Fsp3) is 0.481. The first kappa shape index (κ1) is 23.5. The summed E-state index contributed by atoms with van der Waals surface area (Å²) >= 11 is 0. The average Bonchev–Trinajstić information content (AvgIpc) is 3.28. The van der Waals surface area contributed by atoms with Gasteiger partial charge in [0.05, 0.1) is 13.0 Å². The Labute approximate surface area is 196 Å². The van der Waals surface area contributed by atoms with E-state index in [0.717, 1.165) is 43.6 Å². The maximum Gasteiger partial charge on any atom is 0.323 e. The Morgan fingerprint density at radius 3 is 2.09 bits per heavy atom. The minimum absolute atomic E-state index is 0.0244. The Kier molecular flexibility index (Phi) is 7.78. The molecule has 33 heavy (non-hydrogen) atoms. The van der Waals surface area contributed by atoms with Crippen LogP contribution in [0.4, 0.5) is 0 Å². The van der Waals surface area contributed by atoms with Crippen molar-refractivity contribution in [2.75, 3.05) is 33.3 Å². The van der Waals surface area contributed by atoms with E-state index in [-0.39, 0.29) is 29.9 Å².